The van der Waals surface area contributed by atoms with Crippen LogP contribution in [0.3, 0.4) is 0 Å². The van der Waals surface area contributed by atoms with Crippen molar-refractivity contribution in [2.45, 2.75) is 19.8 Å². The molecule has 0 N–H and O–H groups in total. The molecular weight excluding hydrogens is 191 g/mol. The summed E-state index contributed by atoms with van der Waals surface area (Å²) >= 11 is 0. The van der Waals surface area contributed by atoms with Crippen molar-refractivity contribution >= 4 is 0 Å². The zero-order valence-corrected chi connectivity index (χ0v) is 8.33. The van der Waals surface area contributed by atoms with Gasteiger partial charge in [-0.1, -0.05) is 49.5 Å². The van der Waals surface area contributed by atoms with Gasteiger partial charge in [0.15, 0.2) is 0 Å². The van der Waals surface area contributed by atoms with Crippen molar-refractivity contribution in [3.05, 3.63) is 48.1 Å². The van der Waals surface area contributed by atoms with E-state index in [1.54, 1.807) is 0 Å². The van der Waals surface area contributed by atoms with E-state index >= 15 is 0 Å². The Morgan fingerprint density at radius 1 is 1.42 bits per heavy atom. The quantitative estimate of drug-likeness (QED) is 0.619. The number of hydrogen-bond donors (Lipinski definition) is 0. The molecule has 67 valence electrons. The maximum Gasteiger partial charge on any atom is 0 e. The molecule has 0 saturated heterocycles. The number of hydrogen-bond acceptors (Lipinski definition) is 0. The van der Waals surface area contributed by atoms with Crippen molar-refractivity contribution in [3.63, 3.8) is 0 Å². The molecule has 0 aromatic carbocycles. The molecule has 0 bridgehead atoms. The smallest absolute Gasteiger partial charge is 0 e. The molecule has 0 aliphatic heterocycles. The summed E-state index contributed by atoms with van der Waals surface area (Å²) in [5, 5.41) is 0. The van der Waals surface area contributed by atoms with Crippen LogP contribution in [-0.4, -0.2) is 0 Å². The van der Waals surface area contributed by atoms with Crippen LogP contribution in [0.2, 0.25) is 0 Å². The van der Waals surface area contributed by atoms with E-state index in [-0.39, 0.29) is 16.8 Å². The third kappa shape index (κ3) is 4.37. The van der Waals surface area contributed by atoms with Gasteiger partial charge in [-0.3, -0.25) is 0 Å². The Kier molecular flexibility index (Phi) is 6.82. The van der Waals surface area contributed by atoms with Crippen LogP contribution in [0.25, 0.3) is 0 Å². The minimum Gasteiger partial charge on any atom is -0.0848 e. The molecule has 0 nitrogen and oxygen atoms in total. The van der Waals surface area contributed by atoms with E-state index in [9.17, 15) is 0 Å². The largest absolute Gasteiger partial charge is 0.0848 e. The van der Waals surface area contributed by atoms with E-state index in [0.717, 1.165) is 12.8 Å². The van der Waals surface area contributed by atoms with E-state index in [4.69, 9.17) is 0 Å². The van der Waals surface area contributed by atoms with E-state index in [0.29, 0.717) is 0 Å². The third-order valence-corrected chi connectivity index (χ3v) is 1.57. The molecule has 1 aliphatic carbocycles. The molecule has 1 radical (unpaired) electrons. The molecule has 1 rings (SSSR count). The predicted octanol–water partition coefficient (Wildman–Crippen LogP) is 3.39. The van der Waals surface area contributed by atoms with Gasteiger partial charge in [0.1, 0.15) is 0 Å². The first-order valence-corrected chi connectivity index (χ1v) is 4.13. The Morgan fingerprint density at radius 3 is 2.83 bits per heavy atom. The molecule has 0 saturated carbocycles. The fourth-order valence-corrected chi connectivity index (χ4v) is 0.981. The Morgan fingerprint density at radius 2 is 2.25 bits per heavy atom. The van der Waals surface area contributed by atoms with Gasteiger partial charge >= 0.3 is 0 Å². The summed E-state index contributed by atoms with van der Waals surface area (Å²) in [4.78, 5) is 0. The van der Waals surface area contributed by atoms with Crippen molar-refractivity contribution in [1.82, 2.24) is 0 Å². The van der Waals surface area contributed by atoms with Gasteiger partial charge in [0.25, 0.3) is 0 Å². The van der Waals surface area contributed by atoms with Crippen molar-refractivity contribution in [3.8, 4) is 0 Å². The van der Waals surface area contributed by atoms with E-state index < -0.39 is 0 Å². The Balaban J connectivity index is 0.00000121. The molecule has 1 aliphatic rings. The Labute approximate surface area is 84.9 Å². The topological polar surface area (TPSA) is 0 Å². The van der Waals surface area contributed by atoms with Gasteiger partial charge in [0.05, 0.1) is 0 Å². The fourth-order valence-electron chi connectivity index (χ4n) is 0.981. The van der Waals surface area contributed by atoms with Crippen LogP contribution >= 0.6 is 0 Å². The first-order chi connectivity index (χ1) is 5.43. The maximum absolute atomic E-state index is 2.22. The van der Waals surface area contributed by atoms with E-state index in [1.807, 2.05) is 0 Å². The maximum atomic E-state index is 2.22. The normalized spacial score (nSPS) is 15.6. The molecule has 0 heterocycles. The molecule has 0 atom stereocenters. The standard InChI is InChI=1S/C11H14.Co/c1-2-3-4-5-8-11-9-6-7-10-11;/h3-6,8-10H,2,7H2,1H3;. The summed E-state index contributed by atoms with van der Waals surface area (Å²) in [7, 11) is 0. The SMILES string of the molecule is CCC=CC=CC1=CCC=C1.[Co]. The van der Waals surface area contributed by atoms with Crippen LogP contribution in [0.1, 0.15) is 19.8 Å². The van der Waals surface area contributed by atoms with Crippen LogP contribution < -0.4 is 0 Å². The second kappa shape index (κ2) is 7.13. The first-order valence-electron chi connectivity index (χ1n) is 4.13. The fraction of sp³-hybridized carbons (Fsp3) is 0.273. The zero-order chi connectivity index (χ0) is 7.94. The van der Waals surface area contributed by atoms with Crippen molar-refractivity contribution in [1.29, 1.82) is 0 Å². The molecule has 1 heteroatoms. The van der Waals surface area contributed by atoms with Gasteiger partial charge < -0.3 is 0 Å². The Hall–Kier alpha value is -0.534. The van der Waals surface area contributed by atoms with Gasteiger partial charge in [-0.25, -0.2) is 0 Å². The summed E-state index contributed by atoms with van der Waals surface area (Å²) in [6.07, 6.45) is 17.2. The molecule has 12 heavy (non-hydrogen) atoms. The van der Waals surface area contributed by atoms with Gasteiger partial charge in [0.2, 0.25) is 0 Å². The second-order valence-electron chi connectivity index (χ2n) is 2.54. The minimum atomic E-state index is 0. The van der Waals surface area contributed by atoms with Gasteiger partial charge in [-0.05, 0) is 18.4 Å². The number of allylic oxidation sites excluding steroid dienone is 8. The zero-order valence-electron chi connectivity index (χ0n) is 7.29. The van der Waals surface area contributed by atoms with E-state index in [1.165, 1.54) is 5.57 Å². The average Bonchev–Trinajstić information content (AvgIpc) is 2.50. The van der Waals surface area contributed by atoms with Gasteiger partial charge in [0, 0.05) is 16.8 Å². The van der Waals surface area contributed by atoms with Crippen molar-refractivity contribution in [2.75, 3.05) is 0 Å². The molecule has 0 aromatic heterocycles. The Bertz CT molecular complexity index is 219. The van der Waals surface area contributed by atoms with Crippen LogP contribution in [0.4, 0.5) is 0 Å². The summed E-state index contributed by atoms with van der Waals surface area (Å²) in [5.74, 6) is 0. The van der Waals surface area contributed by atoms with Gasteiger partial charge in [-0.2, -0.15) is 0 Å². The third-order valence-electron chi connectivity index (χ3n) is 1.57. The molecule has 0 unspecified atom stereocenters. The predicted molar refractivity (Wildman–Crippen MR) is 50.4 cm³/mol. The molecule has 0 aromatic rings. The van der Waals surface area contributed by atoms with Crippen LogP contribution in [0.5, 0.6) is 0 Å². The van der Waals surface area contributed by atoms with Crippen molar-refractivity contribution in [2.24, 2.45) is 0 Å². The summed E-state index contributed by atoms with van der Waals surface area (Å²) in [6.45, 7) is 2.14. The number of rotatable bonds is 3. The van der Waals surface area contributed by atoms with Crippen molar-refractivity contribution < 1.29 is 16.8 Å². The average molecular weight is 205 g/mol. The summed E-state index contributed by atoms with van der Waals surface area (Å²) in [5.41, 5.74) is 1.32. The summed E-state index contributed by atoms with van der Waals surface area (Å²) < 4.78 is 0. The van der Waals surface area contributed by atoms with Crippen LogP contribution in [0.15, 0.2) is 48.1 Å². The second-order valence-corrected chi connectivity index (χ2v) is 2.54. The minimum absolute atomic E-state index is 0. The van der Waals surface area contributed by atoms with E-state index in [2.05, 4.69) is 49.5 Å². The molecule has 0 fully saturated rings. The first kappa shape index (κ1) is 11.5. The monoisotopic (exact) mass is 205 g/mol. The van der Waals surface area contributed by atoms with Crippen LogP contribution in [-0.2, 0) is 16.8 Å². The molecule has 0 spiro atoms. The van der Waals surface area contributed by atoms with Crippen LogP contribution in [0, 0.1) is 0 Å². The summed E-state index contributed by atoms with van der Waals surface area (Å²) in [6, 6.07) is 0. The molecular formula is C11H14Co. The van der Waals surface area contributed by atoms with Gasteiger partial charge in [-0.15, -0.1) is 0 Å². The molecule has 0 amide bonds.